The SMILES string of the molecule is CNC(=O)c1ccc(CN(C)C(=O)Nc2cc(Cl)ccc2Cl)cc1. The predicted octanol–water partition coefficient (Wildman–Crippen LogP) is 4.02. The number of carbonyl (C=O) groups is 2. The zero-order valence-electron chi connectivity index (χ0n) is 13.3. The molecule has 0 aliphatic heterocycles. The fraction of sp³-hybridized carbons (Fsp3) is 0.176. The van der Waals surface area contributed by atoms with Crippen molar-refractivity contribution in [3.63, 3.8) is 0 Å². The lowest BCUT2D eigenvalue weighted by Crippen LogP contribution is -2.31. The topological polar surface area (TPSA) is 61.4 Å². The lowest BCUT2D eigenvalue weighted by atomic mass is 10.1. The highest BCUT2D eigenvalue weighted by Crippen LogP contribution is 2.25. The second-order valence-electron chi connectivity index (χ2n) is 5.19. The van der Waals surface area contributed by atoms with Crippen molar-refractivity contribution >= 4 is 40.8 Å². The summed E-state index contributed by atoms with van der Waals surface area (Å²) in [4.78, 5) is 25.3. The van der Waals surface area contributed by atoms with E-state index in [4.69, 9.17) is 23.2 Å². The number of rotatable bonds is 4. The largest absolute Gasteiger partial charge is 0.355 e. The normalized spacial score (nSPS) is 10.2. The first-order valence-electron chi connectivity index (χ1n) is 7.19. The number of hydrogen-bond acceptors (Lipinski definition) is 2. The molecule has 0 aliphatic carbocycles. The summed E-state index contributed by atoms with van der Waals surface area (Å²) in [6, 6.07) is 11.6. The van der Waals surface area contributed by atoms with E-state index in [1.165, 1.54) is 4.90 Å². The number of carbonyl (C=O) groups excluding carboxylic acids is 2. The standard InChI is InChI=1S/C17H17Cl2N3O2/c1-20-16(23)12-5-3-11(4-6-12)10-22(2)17(24)21-15-9-13(18)7-8-14(15)19/h3-9H,10H2,1-2H3,(H,20,23)(H,21,24). The van der Waals surface area contributed by atoms with Crippen molar-refractivity contribution < 1.29 is 9.59 Å². The van der Waals surface area contributed by atoms with E-state index in [1.54, 1.807) is 56.6 Å². The molecule has 2 aromatic rings. The van der Waals surface area contributed by atoms with Crippen LogP contribution in [-0.4, -0.2) is 30.9 Å². The summed E-state index contributed by atoms with van der Waals surface area (Å²) in [6.07, 6.45) is 0. The highest BCUT2D eigenvalue weighted by Gasteiger charge is 2.12. The number of halogens is 2. The fourth-order valence-corrected chi connectivity index (χ4v) is 2.39. The third kappa shape index (κ3) is 4.63. The summed E-state index contributed by atoms with van der Waals surface area (Å²) in [6.45, 7) is 0.387. The Labute approximate surface area is 150 Å². The van der Waals surface area contributed by atoms with Crippen molar-refractivity contribution in [2.45, 2.75) is 6.54 Å². The highest BCUT2D eigenvalue weighted by atomic mass is 35.5. The summed E-state index contributed by atoms with van der Waals surface area (Å²) >= 11 is 11.9. The van der Waals surface area contributed by atoms with Gasteiger partial charge in [0, 0.05) is 31.2 Å². The van der Waals surface area contributed by atoms with Gasteiger partial charge in [0.05, 0.1) is 10.7 Å². The van der Waals surface area contributed by atoms with E-state index >= 15 is 0 Å². The molecule has 0 atom stereocenters. The fourth-order valence-electron chi connectivity index (χ4n) is 2.06. The maximum Gasteiger partial charge on any atom is 0.321 e. The quantitative estimate of drug-likeness (QED) is 0.859. The Morgan fingerprint density at radius 2 is 1.75 bits per heavy atom. The second kappa shape index (κ2) is 8.04. The van der Waals surface area contributed by atoms with Gasteiger partial charge in [0.15, 0.2) is 0 Å². The minimum atomic E-state index is -0.311. The average molecular weight is 366 g/mol. The summed E-state index contributed by atoms with van der Waals surface area (Å²) in [5, 5.41) is 6.18. The van der Waals surface area contributed by atoms with Crippen LogP contribution in [0.5, 0.6) is 0 Å². The molecular weight excluding hydrogens is 349 g/mol. The molecule has 0 unspecified atom stereocenters. The predicted molar refractivity (Wildman–Crippen MR) is 96.8 cm³/mol. The molecule has 2 rings (SSSR count). The van der Waals surface area contributed by atoms with Crippen LogP contribution in [0.3, 0.4) is 0 Å². The van der Waals surface area contributed by atoms with Crippen molar-refractivity contribution in [2.75, 3.05) is 19.4 Å². The number of nitrogens with one attached hydrogen (secondary N) is 2. The average Bonchev–Trinajstić information content (AvgIpc) is 2.58. The van der Waals surface area contributed by atoms with Gasteiger partial charge in [0.1, 0.15) is 0 Å². The zero-order chi connectivity index (χ0) is 17.7. The molecule has 2 aromatic carbocycles. The highest BCUT2D eigenvalue weighted by molar-refractivity contribution is 6.35. The number of benzene rings is 2. The molecule has 0 saturated heterocycles. The van der Waals surface area contributed by atoms with E-state index in [9.17, 15) is 9.59 Å². The number of hydrogen-bond donors (Lipinski definition) is 2. The zero-order valence-corrected chi connectivity index (χ0v) is 14.8. The molecule has 0 aliphatic rings. The Morgan fingerprint density at radius 1 is 1.08 bits per heavy atom. The van der Waals surface area contributed by atoms with Crippen LogP contribution in [0.4, 0.5) is 10.5 Å². The van der Waals surface area contributed by atoms with Crippen molar-refractivity contribution in [3.8, 4) is 0 Å². The first kappa shape index (κ1) is 18.1. The van der Waals surface area contributed by atoms with Gasteiger partial charge in [-0.25, -0.2) is 4.79 Å². The monoisotopic (exact) mass is 365 g/mol. The third-order valence-corrected chi connectivity index (χ3v) is 3.94. The molecule has 0 radical (unpaired) electrons. The Morgan fingerprint density at radius 3 is 2.38 bits per heavy atom. The molecule has 24 heavy (non-hydrogen) atoms. The van der Waals surface area contributed by atoms with Gasteiger partial charge >= 0.3 is 6.03 Å². The number of amides is 3. The van der Waals surface area contributed by atoms with Crippen LogP contribution in [-0.2, 0) is 6.54 Å². The van der Waals surface area contributed by atoms with Crippen molar-refractivity contribution in [2.24, 2.45) is 0 Å². The molecule has 0 aromatic heterocycles. The van der Waals surface area contributed by atoms with E-state index in [0.717, 1.165) is 5.56 Å². The van der Waals surface area contributed by atoms with Gasteiger partial charge < -0.3 is 15.5 Å². The van der Waals surface area contributed by atoms with E-state index in [0.29, 0.717) is 27.8 Å². The van der Waals surface area contributed by atoms with Crippen LogP contribution in [0, 0.1) is 0 Å². The molecule has 0 spiro atoms. The van der Waals surface area contributed by atoms with E-state index in [-0.39, 0.29) is 11.9 Å². The van der Waals surface area contributed by atoms with E-state index < -0.39 is 0 Å². The Balaban J connectivity index is 2.01. The minimum Gasteiger partial charge on any atom is -0.355 e. The van der Waals surface area contributed by atoms with Crippen molar-refractivity contribution in [3.05, 3.63) is 63.6 Å². The van der Waals surface area contributed by atoms with Gasteiger partial charge in [-0.05, 0) is 35.9 Å². The van der Waals surface area contributed by atoms with Crippen LogP contribution in [0.2, 0.25) is 10.0 Å². The lowest BCUT2D eigenvalue weighted by Gasteiger charge is -2.19. The lowest BCUT2D eigenvalue weighted by molar-refractivity contribution is 0.0963. The molecule has 3 amide bonds. The van der Waals surface area contributed by atoms with Gasteiger partial charge in [0.25, 0.3) is 5.91 Å². The molecule has 0 saturated carbocycles. The maximum atomic E-state index is 12.3. The Hall–Kier alpha value is -2.24. The van der Waals surface area contributed by atoms with E-state index in [2.05, 4.69) is 10.6 Å². The third-order valence-electron chi connectivity index (χ3n) is 3.38. The molecular formula is C17H17Cl2N3O2. The molecule has 7 heteroatoms. The number of urea groups is 1. The number of nitrogens with zero attached hydrogens (tertiary/aromatic N) is 1. The number of anilines is 1. The molecule has 0 fully saturated rings. The summed E-state index contributed by atoms with van der Waals surface area (Å²) in [5.74, 6) is -0.150. The van der Waals surface area contributed by atoms with Gasteiger partial charge in [-0.3, -0.25) is 4.79 Å². The maximum absolute atomic E-state index is 12.3. The first-order chi connectivity index (χ1) is 11.4. The Bertz CT molecular complexity index is 748. The summed E-state index contributed by atoms with van der Waals surface area (Å²) in [5.41, 5.74) is 1.92. The van der Waals surface area contributed by atoms with Crippen LogP contribution in [0.1, 0.15) is 15.9 Å². The second-order valence-corrected chi connectivity index (χ2v) is 6.03. The summed E-state index contributed by atoms with van der Waals surface area (Å²) < 4.78 is 0. The van der Waals surface area contributed by atoms with E-state index in [1.807, 2.05) is 0 Å². The van der Waals surface area contributed by atoms with Gasteiger partial charge in [0.2, 0.25) is 0 Å². The van der Waals surface area contributed by atoms with Crippen molar-refractivity contribution in [1.29, 1.82) is 0 Å². The van der Waals surface area contributed by atoms with Crippen LogP contribution < -0.4 is 10.6 Å². The minimum absolute atomic E-state index is 0.150. The van der Waals surface area contributed by atoms with Gasteiger partial charge in [-0.15, -0.1) is 0 Å². The first-order valence-corrected chi connectivity index (χ1v) is 7.94. The van der Waals surface area contributed by atoms with Gasteiger partial charge in [-0.1, -0.05) is 35.3 Å². The van der Waals surface area contributed by atoms with Crippen LogP contribution in [0.25, 0.3) is 0 Å². The molecule has 5 nitrogen and oxygen atoms in total. The van der Waals surface area contributed by atoms with Crippen LogP contribution >= 0.6 is 23.2 Å². The van der Waals surface area contributed by atoms with Crippen molar-refractivity contribution in [1.82, 2.24) is 10.2 Å². The molecule has 0 heterocycles. The molecule has 126 valence electrons. The Kier molecular flexibility index (Phi) is 6.06. The summed E-state index contributed by atoms with van der Waals surface area (Å²) in [7, 11) is 3.25. The molecule has 0 bridgehead atoms. The smallest absolute Gasteiger partial charge is 0.321 e. The van der Waals surface area contributed by atoms with Crippen LogP contribution in [0.15, 0.2) is 42.5 Å². The van der Waals surface area contributed by atoms with Gasteiger partial charge in [-0.2, -0.15) is 0 Å². The molecule has 2 N–H and O–H groups in total.